The summed E-state index contributed by atoms with van der Waals surface area (Å²) in [5, 5.41) is 0.859. The van der Waals surface area contributed by atoms with E-state index in [1.54, 1.807) is 6.92 Å². The standard InChI is InChI=1S/C17H23Cl3O5/c1-11(2)10-23-5-4-22-6-7-24-17(21)12(3)25-16-9-14(19)13(18)8-15(16)20/h8-9,11-12H,4-7,10H2,1-3H3. The van der Waals surface area contributed by atoms with E-state index in [-0.39, 0.29) is 29.0 Å². The number of ether oxygens (including phenoxy) is 4. The molecule has 0 aliphatic heterocycles. The predicted molar refractivity (Wildman–Crippen MR) is 99.0 cm³/mol. The molecule has 0 amide bonds. The summed E-state index contributed by atoms with van der Waals surface area (Å²) in [6.07, 6.45) is -0.843. The van der Waals surface area contributed by atoms with Crippen molar-refractivity contribution in [1.82, 2.24) is 0 Å². The SMILES string of the molecule is CC(C)COCCOCCOC(=O)C(C)Oc1cc(Cl)c(Cl)cc1Cl. The van der Waals surface area contributed by atoms with Gasteiger partial charge in [-0.15, -0.1) is 0 Å². The topological polar surface area (TPSA) is 54.0 Å². The molecule has 0 fully saturated rings. The average Bonchev–Trinajstić information content (AvgIpc) is 2.54. The second-order valence-corrected chi connectivity index (χ2v) is 6.93. The van der Waals surface area contributed by atoms with Gasteiger partial charge in [-0.05, 0) is 18.9 Å². The molecule has 0 aliphatic carbocycles. The van der Waals surface area contributed by atoms with E-state index in [1.807, 2.05) is 0 Å². The maximum absolute atomic E-state index is 11.9. The normalized spacial score (nSPS) is 12.3. The summed E-state index contributed by atoms with van der Waals surface area (Å²) >= 11 is 17.8. The molecule has 5 nitrogen and oxygen atoms in total. The lowest BCUT2D eigenvalue weighted by Crippen LogP contribution is -2.27. The number of carbonyl (C=O) groups is 1. The Morgan fingerprint density at radius 3 is 2.20 bits per heavy atom. The Bertz CT molecular complexity index is 551. The Kier molecular flexibility index (Phi) is 10.5. The quantitative estimate of drug-likeness (QED) is 0.300. The van der Waals surface area contributed by atoms with Gasteiger partial charge in [0.05, 0.1) is 34.9 Å². The zero-order valence-electron chi connectivity index (χ0n) is 14.5. The van der Waals surface area contributed by atoms with Crippen LogP contribution >= 0.6 is 34.8 Å². The summed E-state index contributed by atoms with van der Waals surface area (Å²) in [4.78, 5) is 11.9. The molecule has 1 aromatic rings. The fourth-order valence-corrected chi connectivity index (χ4v) is 2.27. The number of rotatable bonds is 11. The van der Waals surface area contributed by atoms with Gasteiger partial charge in [0.15, 0.2) is 6.10 Å². The molecule has 0 heterocycles. The molecule has 0 radical (unpaired) electrons. The highest BCUT2D eigenvalue weighted by Crippen LogP contribution is 2.34. The Morgan fingerprint density at radius 1 is 0.920 bits per heavy atom. The van der Waals surface area contributed by atoms with Crippen LogP contribution in [0.15, 0.2) is 12.1 Å². The molecule has 0 saturated carbocycles. The Labute approximate surface area is 163 Å². The van der Waals surface area contributed by atoms with Gasteiger partial charge < -0.3 is 18.9 Å². The van der Waals surface area contributed by atoms with Crippen molar-refractivity contribution in [2.45, 2.75) is 26.9 Å². The summed E-state index contributed by atoms with van der Waals surface area (Å²) in [6, 6.07) is 2.91. The minimum atomic E-state index is -0.843. The number of hydrogen-bond acceptors (Lipinski definition) is 5. The first kappa shape index (κ1) is 22.3. The van der Waals surface area contributed by atoms with Gasteiger partial charge in [-0.1, -0.05) is 48.7 Å². The van der Waals surface area contributed by atoms with Gasteiger partial charge >= 0.3 is 5.97 Å². The zero-order valence-corrected chi connectivity index (χ0v) is 16.8. The molecule has 142 valence electrons. The maximum Gasteiger partial charge on any atom is 0.347 e. The van der Waals surface area contributed by atoms with Crippen LogP contribution in [0.3, 0.4) is 0 Å². The van der Waals surface area contributed by atoms with Crippen LogP contribution in [0, 0.1) is 5.92 Å². The van der Waals surface area contributed by atoms with Crippen molar-refractivity contribution in [1.29, 1.82) is 0 Å². The Hall–Kier alpha value is -0.720. The summed E-state index contributed by atoms with van der Waals surface area (Å²) < 4.78 is 21.2. The first-order valence-corrected chi connectivity index (χ1v) is 9.08. The molecule has 1 atom stereocenters. The van der Waals surface area contributed by atoms with E-state index in [2.05, 4.69) is 13.8 Å². The molecular weight excluding hydrogens is 391 g/mol. The molecule has 0 bridgehead atoms. The van der Waals surface area contributed by atoms with Crippen LogP contribution in [0.5, 0.6) is 5.75 Å². The number of carbonyl (C=O) groups excluding carboxylic acids is 1. The molecule has 0 saturated heterocycles. The molecule has 0 N–H and O–H groups in total. The van der Waals surface area contributed by atoms with Crippen LogP contribution in [0.25, 0.3) is 0 Å². The molecule has 1 unspecified atom stereocenters. The predicted octanol–water partition coefficient (Wildman–Crippen LogP) is 4.65. The smallest absolute Gasteiger partial charge is 0.347 e. The van der Waals surface area contributed by atoms with E-state index in [9.17, 15) is 4.79 Å². The van der Waals surface area contributed by atoms with Crippen molar-refractivity contribution in [3.8, 4) is 5.75 Å². The number of halogens is 3. The first-order chi connectivity index (χ1) is 11.8. The fraction of sp³-hybridized carbons (Fsp3) is 0.588. The third-order valence-corrected chi connectivity index (χ3v) is 3.92. The number of hydrogen-bond donors (Lipinski definition) is 0. The highest BCUT2D eigenvalue weighted by atomic mass is 35.5. The van der Waals surface area contributed by atoms with Crippen molar-refractivity contribution < 1.29 is 23.7 Å². The number of benzene rings is 1. The van der Waals surface area contributed by atoms with Crippen LogP contribution in [-0.2, 0) is 19.0 Å². The molecule has 1 aromatic carbocycles. The van der Waals surface area contributed by atoms with Gasteiger partial charge in [-0.3, -0.25) is 0 Å². The van der Waals surface area contributed by atoms with Crippen LogP contribution in [0.4, 0.5) is 0 Å². The largest absolute Gasteiger partial charge is 0.477 e. The van der Waals surface area contributed by atoms with Crippen LogP contribution in [0.2, 0.25) is 15.1 Å². The summed E-state index contributed by atoms with van der Waals surface area (Å²) in [5.41, 5.74) is 0. The van der Waals surface area contributed by atoms with Crippen molar-refractivity contribution in [2.75, 3.05) is 33.0 Å². The minimum Gasteiger partial charge on any atom is -0.477 e. The minimum absolute atomic E-state index is 0.131. The van der Waals surface area contributed by atoms with Gasteiger partial charge in [-0.2, -0.15) is 0 Å². The Morgan fingerprint density at radius 2 is 1.52 bits per heavy atom. The van der Waals surface area contributed by atoms with Crippen molar-refractivity contribution in [3.63, 3.8) is 0 Å². The maximum atomic E-state index is 11.9. The van der Waals surface area contributed by atoms with Gasteiger partial charge in [0.2, 0.25) is 0 Å². The van der Waals surface area contributed by atoms with Crippen molar-refractivity contribution in [2.24, 2.45) is 5.92 Å². The van der Waals surface area contributed by atoms with E-state index in [4.69, 9.17) is 53.8 Å². The average molecular weight is 414 g/mol. The van der Waals surface area contributed by atoms with E-state index >= 15 is 0 Å². The van der Waals surface area contributed by atoms with Crippen molar-refractivity contribution >= 4 is 40.8 Å². The molecule has 8 heteroatoms. The molecule has 0 aliphatic rings. The molecule has 1 rings (SSSR count). The fourth-order valence-electron chi connectivity index (χ4n) is 1.69. The molecule has 0 aromatic heterocycles. The van der Waals surface area contributed by atoms with Gasteiger partial charge in [0, 0.05) is 12.7 Å². The summed E-state index contributed by atoms with van der Waals surface area (Å²) in [7, 11) is 0. The third-order valence-electron chi connectivity index (χ3n) is 2.91. The number of esters is 1. The van der Waals surface area contributed by atoms with Crippen LogP contribution in [0.1, 0.15) is 20.8 Å². The Balaban J connectivity index is 2.23. The molecule has 25 heavy (non-hydrogen) atoms. The lowest BCUT2D eigenvalue weighted by Gasteiger charge is -2.15. The second kappa shape index (κ2) is 11.8. The van der Waals surface area contributed by atoms with Gasteiger partial charge in [0.1, 0.15) is 12.4 Å². The first-order valence-electron chi connectivity index (χ1n) is 7.94. The van der Waals surface area contributed by atoms with E-state index in [0.29, 0.717) is 30.8 Å². The van der Waals surface area contributed by atoms with E-state index in [1.165, 1.54) is 12.1 Å². The summed E-state index contributed by atoms with van der Waals surface area (Å²) in [6.45, 7) is 7.80. The van der Waals surface area contributed by atoms with Gasteiger partial charge in [-0.25, -0.2) is 4.79 Å². The molecular formula is C17H23Cl3O5. The second-order valence-electron chi connectivity index (χ2n) is 5.71. The van der Waals surface area contributed by atoms with Gasteiger partial charge in [0.25, 0.3) is 0 Å². The van der Waals surface area contributed by atoms with E-state index in [0.717, 1.165) is 0 Å². The monoisotopic (exact) mass is 412 g/mol. The van der Waals surface area contributed by atoms with Crippen LogP contribution in [-0.4, -0.2) is 45.1 Å². The highest BCUT2D eigenvalue weighted by molar-refractivity contribution is 6.43. The van der Waals surface area contributed by atoms with Crippen LogP contribution < -0.4 is 4.74 Å². The zero-order chi connectivity index (χ0) is 18.8. The molecule has 0 spiro atoms. The lowest BCUT2D eigenvalue weighted by molar-refractivity contribution is -0.152. The third kappa shape index (κ3) is 8.97. The lowest BCUT2D eigenvalue weighted by atomic mass is 10.2. The highest BCUT2D eigenvalue weighted by Gasteiger charge is 2.18. The van der Waals surface area contributed by atoms with Crippen molar-refractivity contribution in [3.05, 3.63) is 27.2 Å². The summed E-state index contributed by atoms with van der Waals surface area (Å²) in [5.74, 6) is 0.229. The van der Waals surface area contributed by atoms with E-state index < -0.39 is 12.1 Å².